The van der Waals surface area contributed by atoms with E-state index >= 15 is 0 Å². The largest absolute Gasteiger partial charge is 0.481 e. The van der Waals surface area contributed by atoms with Gasteiger partial charge < -0.3 is 10.4 Å². The van der Waals surface area contributed by atoms with Crippen LogP contribution in [0, 0.1) is 17.7 Å². The van der Waals surface area contributed by atoms with Gasteiger partial charge in [0.25, 0.3) is 0 Å². The summed E-state index contributed by atoms with van der Waals surface area (Å²) in [7, 11) is 0. The first-order valence-corrected chi connectivity index (χ1v) is 6.56. The number of hydrogen-bond donors (Lipinski definition) is 2. The number of nitrogens with one attached hydrogen (secondary N) is 1. The van der Waals surface area contributed by atoms with Crippen LogP contribution in [0.25, 0.3) is 0 Å². The second-order valence-electron chi connectivity index (χ2n) is 4.37. The number of hydrogen-bond acceptors (Lipinski definition) is 2. The summed E-state index contributed by atoms with van der Waals surface area (Å²) >= 11 is 3.26. The Morgan fingerprint density at radius 1 is 1.37 bits per heavy atom. The Hall–Kier alpha value is -1.43. The SMILES string of the molecule is CC(C(=O)O)C(C)C(=O)NCc1cc(F)ccc1Br. The quantitative estimate of drug-likeness (QED) is 0.871. The monoisotopic (exact) mass is 331 g/mol. The van der Waals surface area contributed by atoms with Gasteiger partial charge in [-0.2, -0.15) is 0 Å². The molecule has 4 nitrogen and oxygen atoms in total. The lowest BCUT2D eigenvalue weighted by Crippen LogP contribution is -2.34. The summed E-state index contributed by atoms with van der Waals surface area (Å²) < 4.78 is 13.7. The van der Waals surface area contributed by atoms with Crippen molar-refractivity contribution in [1.82, 2.24) is 5.32 Å². The number of rotatable bonds is 5. The van der Waals surface area contributed by atoms with E-state index in [4.69, 9.17) is 5.11 Å². The van der Waals surface area contributed by atoms with Crippen LogP contribution in [0.2, 0.25) is 0 Å². The molecule has 0 aliphatic carbocycles. The summed E-state index contributed by atoms with van der Waals surface area (Å²) in [5, 5.41) is 11.4. The maximum atomic E-state index is 13.1. The third kappa shape index (κ3) is 4.31. The van der Waals surface area contributed by atoms with Crippen molar-refractivity contribution in [2.24, 2.45) is 11.8 Å². The molecular formula is C13H15BrFNO3. The number of aliphatic carboxylic acids is 1. The van der Waals surface area contributed by atoms with E-state index in [0.29, 0.717) is 10.0 Å². The number of carbonyl (C=O) groups is 2. The summed E-state index contributed by atoms with van der Waals surface area (Å²) in [5.74, 6) is -3.19. The minimum Gasteiger partial charge on any atom is -0.481 e. The second-order valence-corrected chi connectivity index (χ2v) is 5.22. The number of amides is 1. The van der Waals surface area contributed by atoms with Crippen molar-refractivity contribution in [3.8, 4) is 0 Å². The number of carboxylic acids is 1. The van der Waals surface area contributed by atoms with Crippen molar-refractivity contribution in [3.63, 3.8) is 0 Å². The normalized spacial score (nSPS) is 13.7. The van der Waals surface area contributed by atoms with E-state index in [9.17, 15) is 14.0 Å². The lowest BCUT2D eigenvalue weighted by Gasteiger charge is -2.16. The molecule has 0 saturated heterocycles. The number of carbonyl (C=O) groups excluding carboxylic acids is 1. The molecule has 0 radical (unpaired) electrons. The van der Waals surface area contributed by atoms with Gasteiger partial charge in [0.05, 0.1) is 5.92 Å². The molecule has 0 aliphatic heterocycles. The van der Waals surface area contributed by atoms with Gasteiger partial charge in [-0.25, -0.2) is 4.39 Å². The first kappa shape index (κ1) is 15.6. The van der Waals surface area contributed by atoms with Crippen molar-refractivity contribution in [1.29, 1.82) is 0 Å². The molecule has 1 aromatic carbocycles. The van der Waals surface area contributed by atoms with Crippen LogP contribution in [0.5, 0.6) is 0 Å². The lowest BCUT2D eigenvalue weighted by atomic mass is 9.95. The number of benzene rings is 1. The Bertz CT molecular complexity index is 493. The maximum Gasteiger partial charge on any atom is 0.307 e. The van der Waals surface area contributed by atoms with Gasteiger partial charge in [-0.15, -0.1) is 0 Å². The van der Waals surface area contributed by atoms with Gasteiger partial charge in [-0.3, -0.25) is 9.59 Å². The third-order valence-electron chi connectivity index (χ3n) is 3.01. The van der Waals surface area contributed by atoms with Crippen LogP contribution in [0.15, 0.2) is 22.7 Å². The van der Waals surface area contributed by atoms with Crippen molar-refractivity contribution in [2.45, 2.75) is 20.4 Å². The van der Waals surface area contributed by atoms with E-state index < -0.39 is 17.8 Å². The molecule has 0 fully saturated rings. The van der Waals surface area contributed by atoms with E-state index in [1.807, 2.05) is 0 Å². The van der Waals surface area contributed by atoms with E-state index in [2.05, 4.69) is 21.2 Å². The summed E-state index contributed by atoms with van der Waals surface area (Å²) in [6, 6.07) is 4.18. The molecule has 0 aliphatic rings. The first-order chi connectivity index (χ1) is 8.82. The molecule has 2 atom stereocenters. The van der Waals surface area contributed by atoms with Crippen LogP contribution in [0.3, 0.4) is 0 Å². The highest BCUT2D eigenvalue weighted by atomic mass is 79.9. The van der Waals surface area contributed by atoms with Crippen molar-refractivity contribution < 1.29 is 19.1 Å². The Morgan fingerprint density at radius 2 is 2.00 bits per heavy atom. The zero-order valence-corrected chi connectivity index (χ0v) is 12.2. The zero-order chi connectivity index (χ0) is 14.6. The third-order valence-corrected chi connectivity index (χ3v) is 3.79. The number of halogens is 2. The van der Waals surface area contributed by atoms with E-state index in [1.54, 1.807) is 13.0 Å². The molecule has 0 bridgehead atoms. The number of carboxylic acid groups (broad SMARTS) is 1. The maximum absolute atomic E-state index is 13.1. The Balaban J connectivity index is 2.64. The summed E-state index contributed by atoms with van der Waals surface area (Å²) in [4.78, 5) is 22.6. The van der Waals surface area contributed by atoms with Crippen molar-refractivity contribution >= 4 is 27.8 Å². The summed E-state index contributed by atoms with van der Waals surface area (Å²) in [5.41, 5.74) is 0.600. The molecule has 0 aromatic heterocycles. The lowest BCUT2D eigenvalue weighted by molar-refractivity contribution is -0.146. The van der Waals surface area contributed by atoms with Crippen LogP contribution < -0.4 is 5.32 Å². The molecule has 1 rings (SSSR count). The van der Waals surface area contributed by atoms with Crippen LogP contribution in [-0.2, 0) is 16.1 Å². The Labute approximate surface area is 119 Å². The topological polar surface area (TPSA) is 66.4 Å². The van der Waals surface area contributed by atoms with Gasteiger partial charge >= 0.3 is 5.97 Å². The molecule has 0 saturated carbocycles. The minimum absolute atomic E-state index is 0.147. The van der Waals surface area contributed by atoms with Gasteiger partial charge in [0.15, 0.2) is 0 Å². The fourth-order valence-corrected chi connectivity index (χ4v) is 1.85. The van der Waals surface area contributed by atoms with Crippen LogP contribution in [0.1, 0.15) is 19.4 Å². The predicted octanol–water partition coefficient (Wildman–Crippen LogP) is 2.56. The van der Waals surface area contributed by atoms with Gasteiger partial charge in [-0.05, 0) is 23.8 Å². The molecule has 2 N–H and O–H groups in total. The standard InChI is InChI=1S/C13H15BrFNO3/c1-7(8(2)13(18)19)12(17)16-6-9-5-10(15)3-4-11(9)14/h3-5,7-8H,6H2,1-2H3,(H,16,17)(H,18,19). The molecule has 1 amide bonds. The van der Waals surface area contributed by atoms with E-state index in [0.717, 1.165) is 0 Å². The molecule has 0 spiro atoms. The average molecular weight is 332 g/mol. The van der Waals surface area contributed by atoms with Crippen LogP contribution in [-0.4, -0.2) is 17.0 Å². The van der Waals surface area contributed by atoms with Gasteiger partial charge in [0.2, 0.25) is 5.91 Å². The highest BCUT2D eigenvalue weighted by Gasteiger charge is 2.25. The van der Waals surface area contributed by atoms with Crippen LogP contribution in [0.4, 0.5) is 4.39 Å². The minimum atomic E-state index is -1.02. The van der Waals surface area contributed by atoms with Crippen molar-refractivity contribution in [3.05, 3.63) is 34.1 Å². The predicted molar refractivity (Wildman–Crippen MR) is 71.9 cm³/mol. The van der Waals surface area contributed by atoms with Gasteiger partial charge in [0, 0.05) is 16.9 Å². The molecule has 0 heterocycles. The highest BCUT2D eigenvalue weighted by molar-refractivity contribution is 9.10. The fourth-order valence-electron chi connectivity index (χ4n) is 1.46. The zero-order valence-electron chi connectivity index (χ0n) is 10.6. The van der Waals surface area contributed by atoms with E-state index in [1.165, 1.54) is 19.1 Å². The van der Waals surface area contributed by atoms with Crippen molar-refractivity contribution in [2.75, 3.05) is 0 Å². The molecule has 19 heavy (non-hydrogen) atoms. The first-order valence-electron chi connectivity index (χ1n) is 5.77. The van der Waals surface area contributed by atoms with Crippen LogP contribution >= 0.6 is 15.9 Å². The fraction of sp³-hybridized carbons (Fsp3) is 0.385. The summed E-state index contributed by atoms with van der Waals surface area (Å²) in [6.45, 7) is 3.17. The molecule has 104 valence electrons. The van der Waals surface area contributed by atoms with Gasteiger partial charge in [-0.1, -0.05) is 29.8 Å². The van der Waals surface area contributed by atoms with E-state index in [-0.39, 0.29) is 18.3 Å². The Kier molecular flexibility index (Phi) is 5.47. The smallest absolute Gasteiger partial charge is 0.307 e. The highest BCUT2D eigenvalue weighted by Crippen LogP contribution is 2.18. The molecule has 1 aromatic rings. The average Bonchev–Trinajstić information content (AvgIpc) is 2.37. The van der Waals surface area contributed by atoms with Gasteiger partial charge in [0.1, 0.15) is 5.82 Å². The molecular weight excluding hydrogens is 317 g/mol. The molecule has 2 unspecified atom stereocenters. The second kappa shape index (κ2) is 6.65. The molecule has 6 heteroatoms. The summed E-state index contributed by atoms with van der Waals surface area (Å²) in [6.07, 6.45) is 0. The Morgan fingerprint density at radius 3 is 2.58 bits per heavy atom.